The molecular formula is C11H21N5O2. The van der Waals surface area contributed by atoms with Crippen molar-refractivity contribution in [1.82, 2.24) is 25.1 Å². The Balaban J connectivity index is 2.70. The predicted molar refractivity (Wildman–Crippen MR) is 65.7 cm³/mol. The van der Waals surface area contributed by atoms with Crippen molar-refractivity contribution in [2.45, 2.75) is 46.3 Å². The van der Waals surface area contributed by atoms with Gasteiger partial charge in [-0.3, -0.25) is 9.69 Å². The summed E-state index contributed by atoms with van der Waals surface area (Å²) < 4.78 is 6.46. The van der Waals surface area contributed by atoms with E-state index in [0.29, 0.717) is 6.54 Å². The fraction of sp³-hybridized carbons (Fsp3) is 0.818. The number of ether oxygens (including phenoxy) is 1. The Kier molecular flexibility index (Phi) is 5.70. The van der Waals surface area contributed by atoms with Crippen LogP contribution in [0.3, 0.4) is 0 Å². The van der Waals surface area contributed by atoms with Crippen LogP contribution >= 0.6 is 0 Å². The second kappa shape index (κ2) is 7.05. The molecule has 0 saturated carbocycles. The van der Waals surface area contributed by atoms with Crippen LogP contribution in [0, 0.1) is 0 Å². The van der Waals surface area contributed by atoms with Gasteiger partial charge in [-0.05, 0) is 30.7 Å². The van der Waals surface area contributed by atoms with E-state index in [-0.39, 0.29) is 18.6 Å². The highest BCUT2D eigenvalue weighted by molar-refractivity contribution is 5.71. The first-order chi connectivity index (χ1) is 8.58. The van der Waals surface area contributed by atoms with Gasteiger partial charge in [0.2, 0.25) is 0 Å². The van der Waals surface area contributed by atoms with Gasteiger partial charge in [-0.2, -0.15) is 0 Å². The Morgan fingerprint density at radius 2 is 2.22 bits per heavy atom. The molecule has 102 valence electrons. The molecule has 0 N–H and O–H groups in total. The van der Waals surface area contributed by atoms with Crippen molar-refractivity contribution < 1.29 is 9.53 Å². The molecular weight excluding hydrogens is 234 g/mol. The maximum atomic E-state index is 11.3. The minimum atomic E-state index is -0.252. The predicted octanol–water partition coefficient (Wildman–Crippen LogP) is 0.466. The van der Waals surface area contributed by atoms with E-state index in [9.17, 15) is 4.79 Å². The normalized spacial score (nSPS) is 11.2. The van der Waals surface area contributed by atoms with Gasteiger partial charge < -0.3 is 4.74 Å². The van der Waals surface area contributed by atoms with Crippen LogP contribution in [0.4, 0.5) is 0 Å². The smallest absolute Gasteiger partial charge is 0.319 e. The lowest BCUT2D eigenvalue weighted by atomic mass is 10.3. The van der Waals surface area contributed by atoms with Crippen LogP contribution in [0.2, 0.25) is 0 Å². The summed E-state index contributed by atoms with van der Waals surface area (Å²) >= 11 is 0. The highest BCUT2D eigenvalue weighted by Crippen LogP contribution is 2.06. The van der Waals surface area contributed by atoms with Gasteiger partial charge in [-0.1, -0.05) is 6.92 Å². The topological polar surface area (TPSA) is 73.1 Å². The number of nitrogens with zero attached hydrogens (tertiary/aromatic N) is 5. The van der Waals surface area contributed by atoms with Crippen LogP contribution in [-0.4, -0.2) is 50.8 Å². The summed E-state index contributed by atoms with van der Waals surface area (Å²) in [5, 5.41) is 11.6. The monoisotopic (exact) mass is 255 g/mol. The molecule has 1 aromatic rings. The third kappa shape index (κ3) is 4.06. The second-order valence-corrected chi connectivity index (χ2v) is 4.39. The number of rotatable bonds is 7. The first kappa shape index (κ1) is 14.6. The average Bonchev–Trinajstić information content (AvgIpc) is 2.76. The first-order valence-electron chi connectivity index (χ1n) is 6.14. The molecule has 0 unspecified atom stereocenters. The van der Waals surface area contributed by atoms with Gasteiger partial charge in [0, 0.05) is 12.6 Å². The maximum Gasteiger partial charge on any atom is 0.319 e. The minimum Gasteiger partial charge on any atom is -0.468 e. The van der Waals surface area contributed by atoms with Gasteiger partial charge in [-0.25, -0.2) is 4.68 Å². The fourth-order valence-electron chi connectivity index (χ4n) is 1.56. The lowest BCUT2D eigenvalue weighted by Gasteiger charge is -2.24. The number of carbonyl (C=O) groups is 1. The highest BCUT2D eigenvalue weighted by Gasteiger charge is 2.18. The summed E-state index contributed by atoms with van der Waals surface area (Å²) in [7, 11) is 1.39. The fourth-order valence-corrected chi connectivity index (χ4v) is 1.56. The van der Waals surface area contributed by atoms with E-state index in [2.05, 4.69) is 27.2 Å². The van der Waals surface area contributed by atoms with Crippen molar-refractivity contribution in [3.05, 3.63) is 5.82 Å². The Hall–Kier alpha value is -1.50. The molecule has 1 aromatic heterocycles. The Morgan fingerprint density at radius 1 is 1.50 bits per heavy atom. The van der Waals surface area contributed by atoms with Gasteiger partial charge >= 0.3 is 5.97 Å². The molecule has 0 aliphatic heterocycles. The number of methoxy groups -OCH3 is 1. The van der Waals surface area contributed by atoms with E-state index in [1.807, 2.05) is 18.7 Å². The summed E-state index contributed by atoms with van der Waals surface area (Å²) in [6.45, 7) is 7.69. The van der Waals surface area contributed by atoms with Gasteiger partial charge in [0.15, 0.2) is 5.82 Å². The quantitative estimate of drug-likeness (QED) is 0.659. The van der Waals surface area contributed by atoms with Crippen molar-refractivity contribution in [2.75, 3.05) is 13.7 Å². The van der Waals surface area contributed by atoms with Crippen LogP contribution in [0.5, 0.6) is 0 Å². The minimum absolute atomic E-state index is 0.218. The van der Waals surface area contributed by atoms with E-state index in [0.717, 1.165) is 18.8 Å². The Bertz CT molecular complexity index is 377. The zero-order chi connectivity index (χ0) is 13.5. The third-order valence-corrected chi connectivity index (χ3v) is 2.68. The largest absolute Gasteiger partial charge is 0.468 e. The molecule has 7 nitrogen and oxygen atoms in total. The molecule has 1 rings (SSSR count). The van der Waals surface area contributed by atoms with Crippen molar-refractivity contribution in [1.29, 1.82) is 0 Å². The van der Waals surface area contributed by atoms with Gasteiger partial charge in [0.05, 0.1) is 20.2 Å². The number of carbonyl (C=O) groups excluding carboxylic acids is 1. The molecule has 0 saturated heterocycles. The molecule has 0 aliphatic carbocycles. The molecule has 0 atom stereocenters. The SMILES string of the molecule is CCCn1nnnc1CN(CC(=O)OC)C(C)C. The summed E-state index contributed by atoms with van der Waals surface area (Å²) in [5.74, 6) is 0.521. The zero-order valence-corrected chi connectivity index (χ0v) is 11.5. The van der Waals surface area contributed by atoms with E-state index in [4.69, 9.17) is 0 Å². The van der Waals surface area contributed by atoms with Crippen molar-refractivity contribution in [2.24, 2.45) is 0 Å². The van der Waals surface area contributed by atoms with Gasteiger partial charge in [0.1, 0.15) is 0 Å². The average molecular weight is 255 g/mol. The summed E-state index contributed by atoms with van der Waals surface area (Å²) in [5.41, 5.74) is 0. The van der Waals surface area contributed by atoms with E-state index < -0.39 is 0 Å². The van der Waals surface area contributed by atoms with Crippen LogP contribution in [0.15, 0.2) is 0 Å². The highest BCUT2D eigenvalue weighted by atomic mass is 16.5. The third-order valence-electron chi connectivity index (χ3n) is 2.68. The molecule has 0 fully saturated rings. The molecule has 0 amide bonds. The number of tetrazole rings is 1. The summed E-state index contributed by atoms with van der Waals surface area (Å²) in [4.78, 5) is 13.3. The Labute approximate surface area is 107 Å². The number of esters is 1. The maximum absolute atomic E-state index is 11.3. The molecule has 1 heterocycles. The molecule has 0 radical (unpaired) electrons. The Morgan fingerprint density at radius 3 is 2.78 bits per heavy atom. The molecule has 0 spiro atoms. The van der Waals surface area contributed by atoms with E-state index in [1.165, 1.54) is 7.11 Å². The second-order valence-electron chi connectivity index (χ2n) is 4.39. The van der Waals surface area contributed by atoms with E-state index in [1.54, 1.807) is 4.68 Å². The zero-order valence-electron chi connectivity index (χ0n) is 11.5. The van der Waals surface area contributed by atoms with Gasteiger partial charge in [-0.15, -0.1) is 5.10 Å². The first-order valence-corrected chi connectivity index (χ1v) is 6.14. The number of hydrogen-bond donors (Lipinski definition) is 0. The van der Waals surface area contributed by atoms with Crippen LogP contribution in [-0.2, 0) is 22.6 Å². The number of aromatic nitrogens is 4. The van der Waals surface area contributed by atoms with Crippen molar-refractivity contribution in [3.63, 3.8) is 0 Å². The van der Waals surface area contributed by atoms with Crippen molar-refractivity contribution in [3.8, 4) is 0 Å². The summed E-state index contributed by atoms with van der Waals surface area (Å²) in [6.07, 6.45) is 0.969. The van der Waals surface area contributed by atoms with Crippen LogP contribution in [0.25, 0.3) is 0 Å². The number of hydrogen-bond acceptors (Lipinski definition) is 6. The van der Waals surface area contributed by atoms with Crippen molar-refractivity contribution >= 4 is 5.97 Å². The lowest BCUT2D eigenvalue weighted by molar-refractivity contribution is -0.142. The number of aryl methyl sites for hydroxylation is 1. The van der Waals surface area contributed by atoms with E-state index >= 15 is 0 Å². The van der Waals surface area contributed by atoms with Crippen LogP contribution in [0.1, 0.15) is 33.0 Å². The molecule has 0 aromatic carbocycles. The lowest BCUT2D eigenvalue weighted by Crippen LogP contribution is -2.36. The molecule has 7 heteroatoms. The summed E-state index contributed by atoms with van der Waals surface area (Å²) in [6, 6.07) is 0.218. The van der Waals surface area contributed by atoms with Gasteiger partial charge in [0.25, 0.3) is 0 Å². The molecule has 0 bridgehead atoms. The molecule has 0 aliphatic rings. The molecule has 18 heavy (non-hydrogen) atoms. The standard InChI is InChI=1S/C11H21N5O2/c1-5-6-16-10(12-13-14-16)7-15(9(2)3)8-11(17)18-4/h9H,5-8H2,1-4H3. The van der Waals surface area contributed by atoms with Crippen LogP contribution < -0.4 is 0 Å².